The maximum Gasteiger partial charge on any atom is 0.281 e. The Hall–Kier alpha value is -3.63. The molecule has 0 aliphatic rings. The van der Waals surface area contributed by atoms with Crippen LogP contribution in [0.1, 0.15) is 5.56 Å². The first-order valence-corrected chi connectivity index (χ1v) is 8.11. The van der Waals surface area contributed by atoms with E-state index in [0.29, 0.717) is 27.7 Å². The van der Waals surface area contributed by atoms with E-state index in [-0.39, 0.29) is 10.6 Å². The van der Waals surface area contributed by atoms with Crippen LogP contribution in [0.25, 0.3) is 38.4 Å². The van der Waals surface area contributed by atoms with Crippen LogP contribution in [0.2, 0.25) is 5.02 Å². The number of rotatable bonds is 1. The van der Waals surface area contributed by atoms with Crippen LogP contribution in [-0.2, 0) is 0 Å². The molecule has 0 bridgehead atoms. The molecule has 3 heterocycles. The zero-order valence-corrected chi connectivity index (χ0v) is 13.9. The van der Waals surface area contributed by atoms with Gasteiger partial charge in [-0.2, -0.15) is 15.5 Å². The first-order chi connectivity index (χ1) is 12.7. The molecule has 0 spiro atoms. The van der Waals surface area contributed by atoms with E-state index in [9.17, 15) is 10.1 Å². The molecule has 2 N–H and O–H groups in total. The number of nitrogens with one attached hydrogen (secondary N) is 2. The highest BCUT2D eigenvalue weighted by atomic mass is 35.5. The molecule has 3 aromatic heterocycles. The number of H-pyrrole nitrogens is 2. The van der Waals surface area contributed by atoms with Gasteiger partial charge in [-0.25, -0.2) is 0 Å². The molecule has 26 heavy (non-hydrogen) atoms. The van der Waals surface area contributed by atoms with Gasteiger partial charge >= 0.3 is 0 Å². The average Bonchev–Trinajstić information content (AvgIpc) is 3.31. The lowest BCUT2D eigenvalue weighted by molar-refractivity contribution is 1.04. The van der Waals surface area contributed by atoms with Crippen molar-refractivity contribution in [1.29, 1.82) is 5.26 Å². The molecule has 0 aliphatic carbocycles. The third-order valence-electron chi connectivity index (χ3n) is 4.50. The van der Waals surface area contributed by atoms with Crippen LogP contribution in [-0.4, -0.2) is 25.0 Å². The van der Waals surface area contributed by atoms with Crippen LogP contribution in [0.5, 0.6) is 0 Å². The summed E-state index contributed by atoms with van der Waals surface area (Å²) < 4.78 is 1.57. The fourth-order valence-electron chi connectivity index (χ4n) is 3.31. The average molecular weight is 361 g/mol. The number of halogens is 1. The third-order valence-corrected chi connectivity index (χ3v) is 4.81. The van der Waals surface area contributed by atoms with Crippen molar-refractivity contribution in [3.63, 3.8) is 0 Å². The highest BCUT2D eigenvalue weighted by Crippen LogP contribution is 2.30. The molecular weight excluding hydrogens is 352 g/mol. The molecule has 7 nitrogen and oxygen atoms in total. The van der Waals surface area contributed by atoms with Gasteiger partial charge in [0.25, 0.3) is 5.56 Å². The minimum atomic E-state index is -0.250. The van der Waals surface area contributed by atoms with E-state index in [2.05, 4.69) is 26.5 Å². The summed E-state index contributed by atoms with van der Waals surface area (Å²) >= 11 is 6.26. The highest BCUT2D eigenvalue weighted by Gasteiger charge is 2.17. The van der Waals surface area contributed by atoms with E-state index in [1.165, 1.54) is 0 Å². The summed E-state index contributed by atoms with van der Waals surface area (Å²) in [6, 6.07) is 11.0. The summed E-state index contributed by atoms with van der Waals surface area (Å²) in [5, 5.41) is 25.5. The van der Waals surface area contributed by atoms with Crippen molar-refractivity contribution >= 4 is 44.3 Å². The van der Waals surface area contributed by atoms with E-state index in [0.717, 1.165) is 16.3 Å². The number of nitriles is 1. The number of hydrogen-bond donors (Lipinski definition) is 2. The van der Waals surface area contributed by atoms with Gasteiger partial charge in [-0.1, -0.05) is 17.7 Å². The Morgan fingerprint density at radius 2 is 1.88 bits per heavy atom. The van der Waals surface area contributed by atoms with Crippen LogP contribution in [0.4, 0.5) is 0 Å². The lowest BCUT2D eigenvalue weighted by Crippen LogP contribution is -2.19. The summed E-state index contributed by atoms with van der Waals surface area (Å²) in [7, 11) is 0. The normalized spacial score (nSPS) is 11.4. The van der Waals surface area contributed by atoms with Gasteiger partial charge < -0.3 is 0 Å². The first-order valence-electron chi connectivity index (χ1n) is 7.73. The molecule has 0 saturated carbocycles. The Labute approximate surface area is 150 Å². The highest BCUT2D eigenvalue weighted by molar-refractivity contribution is 6.32. The van der Waals surface area contributed by atoms with Crippen LogP contribution in [0.3, 0.4) is 0 Å². The maximum atomic E-state index is 13.2. The minimum Gasteiger partial charge on any atom is -0.278 e. The van der Waals surface area contributed by atoms with Gasteiger partial charge in [0.05, 0.1) is 39.7 Å². The summed E-state index contributed by atoms with van der Waals surface area (Å²) in [4.78, 5) is 13.2. The zero-order valence-electron chi connectivity index (χ0n) is 13.1. The van der Waals surface area contributed by atoms with Crippen molar-refractivity contribution < 1.29 is 0 Å². The minimum absolute atomic E-state index is 0.250. The summed E-state index contributed by atoms with van der Waals surface area (Å²) in [5.74, 6) is 0. The number of aromatic nitrogens is 5. The number of benzene rings is 2. The van der Waals surface area contributed by atoms with Crippen molar-refractivity contribution in [2.45, 2.75) is 0 Å². The summed E-state index contributed by atoms with van der Waals surface area (Å²) in [6.45, 7) is 0. The predicted molar refractivity (Wildman–Crippen MR) is 98.6 cm³/mol. The molecule has 0 atom stereocenters. The monoisotopic (exact) mass is 360 g/mol. The van der Waals surface area contributed by atoms with Crippen molar-refractivity contribution in [3.05, 3.63) is 63.7 Å². The van der Waals surface area contributed by atoms with Crippen LogP contribution < -0.4 is 5.56 Å². The van der Waals surface area contributed by atoms with Gasteiger partial charge in [-0.3, -0.25) is 19.6 Å². The lowest BCUT2D eigenvalue weighted by atomic mass is 10.1. The second kappa shape index (κ2) is 5.18. The van der Waals surface area contributed by atoms with E-state index in [4.69, 9.17) is 11.6 Å². The van der Waals surface area contributed by atoms with Crippen molar-refractivity contribution in [3.8, 4) is 11.8 Å². The SMILES string of the molecule is N#Cc1cc2c3cn[nH]c3c(=O)n(-c3cccc4[nH]ncc34)c2cc1Cl. The Morgan fingerprint density at radius 3 is 2.73 bits per heavy atom. The van der Waals surface area contributed by atoms with Gasteiger partial charge in [-0.15, -0.1) is 0 Å². The standard InChI is InChI=1S/C18H9ClN6O/c19-13-5-16-10(4-9(13)6-20)11-7-22-24-17(11)18(26)25(16)15-3-1-2-14-12(15)8-21-23-14/h1-5,7-8H,(H,21,23)(H,22,24). The summed E-state index contributed by atoms with van der Waals surface area (Å²) in [6.07, 6.45) is 3.25. The van der Waals surface area contributed by atoms with Gasteiger partial charge in [0.2, 0.25) is 0 Å². The van der Waals surface area contributed by atoms with Gasteiger partial charge in [0.15, 0.2) is 0 Å². The van der Waals surface area contributed by atoms with E-state index in [1.807, 2.05) is 18.2 Å². The molecule has 0 fully saturated rings. The van der Waals surface area contributed by atoms with Crippen LogP contribution in [0.15, 0.2) is 47.5 Å². The molecule has 5 rings (SSSR count). The van der Waals surface area contributed by atoms with Crippen molar-refractivity contribution in [2.75, 3.05) is 0 Å². The zero-order chi connectivity index (χ0) is 17.8. The van der Waals surface area contributed by atoms with Gasteiger partial charge in [0.1, 0.15) is 11.6 Å². The van der Waals surface area contributed by atoms with Gasteiger partial charge in [-0.05, 0) is 24.3 Å². The van der Waals surface area contributed by atoms with E-state index < -0.39 is 0 Å². The van der Waals surface area contributed by atoms with Crippen molar-refractivity contribution in [2.24, 2.45) is 0 Å². The number of hydrogen-bond acceptors (Lipinski definition) is 4. The van der Waals surface area contributed by atoms with Crippen molar-refractivity contribution in [1.82, 2.24) is 25.0 Å². The van der Waals surface area contributed by atoms with Gasteiger partial charge in [0, 0.05) is 16.2 Å². The fraction of sp³-hybridized carbons (Fsp3) is 0. The molecule has 124 valence electrons. The number of pyridine rings is 1. The molecule has 2 aromatic carbocycles. The van der Waals surface area contributed by atoms with Crippen LogP contribution >= 0.6 is 11.6 Å². The number of fused-ring (bicyclic) bond motifs is 4. The predicted octanol–water partition coefficient (Wildman–Crippen LogP) is 3.27. The smallest absolute Gasteiger partial charge is 0.278 e. The molecule has 0 unspecified atom stereocenters. The molecule has 0 saturated heterocycles. The second-order valence-electron chi connectivity index (χ2n) is 5.87. The Kier molecular flexibility index (Phi) is 2.93. The van der Waals surface area contributed by atoms with E-state index >= 15 is 0 Å². The Balaban J connectivity index is 2.06. The maximum absolute atomic E-state index is 13.2. The number of aromatic amines is 2. The fourth-order valence-corrected chi connectivity index (χ4v) is 3.51. The summed E-state index contributed by atoms with van der Waals surface area (Å²) in [5.41, 5.74) is 2.54. The second-order valence-corrected chi connectivity index (χ2v) is 6.28. The Morgan fingerprint density at radius 1 is 1.08 bits per heavy atom. The first kappa shape index (κ1) is 14.7. The molecule has 0 radical (unpaired) electrons. The molecule has 0 aliphatic heterocycles. The van der Waals surface area contributed by atoms with Crippen LogP contribution in [0, 0.1) is 11.3 Å². The van der Waals surface area contributed by atoms with E-state index in [1.54, 1.807) is 29.1 Å². The third kappa shape index (κ3) is 1.84. The molecular formula is C18H9ClN6O. The Bertz CT molecular complexity index is 1440. The quantitative estimate of drug-likeness (QED) is 0.478. The molecule has 8 heteroatoms. The molecule has 0 amide bonds. The lowest BCUT2D eigenvalue weighted by Gasteiger charge is -2.13. The number of nitrogens with zero attached hydrogens (tertiary/aromatic N) is 4. The topological polar surface area (TPSA) is 103 Å². The largest absolute Gasteiger partial charge is 0.281 e. The molecule has 5 aromatic rings.